The van der Waals surface area contributed by atoms with Gasteiger partial charge in [-0.05, 0) is 62.6 Å². The van der Waals surface area contributed by atoms with Crippen LogP contribution in [-0.2, 0) is 14.9 Å². The summed E-state index contributed by atoms with van der Waals surface area (Å²) < 4.78 is 27.1. The summed E-state index contributed by atoms with van der Waals surface area (Å²) in [6.07, 6.45) is 3.10. The Hall–Kier alpha value is -4.01. The molecule has 1 aromatic heterocycles. The van der Waals surface area contributed by atoms with E-state index in [1.54, 1.807) is 0 Å². The molecule has 0 radical (unpaired) electrons. The largest absolute Gasteiger partial charge is 0.468 e. The number of hydrogen-bond acceptors (Lipinski definition) is 8. The molecule has 1 saturated carbocycles. The van der Waals surface area contributed by atoms with Crippen molar-refractivity contribution >= 4 is 12.1 Å². The summed E-state index contributed by atoms with van der Waals surface area (Å²) in [6.45, 7) is 9.76. The van der Waals surface area contributed by atoms with Crippen molar-refractivity contribution in [3.8, 4) is 17.6 Å². The third-order valence-electron chi connectivity index (χ3n) is 6.44. The van der Waals surface area contributed by atoms with Crippen molar-refractivity contribution in [2.75, 3.05) is 7.11 Å². The second-order valence-corrected chi connectivity index (χ2v) is 10.8. The first-order valence-corrected chi connectivity index (χ1v) is 12.5. The number of nitrogens with one attached hydrogen (secondary N) is 1. The molecule has 4 rings (SSSR count). The lowest BCUT2D eigenvalue weighted by atomic mass is 9.78. The molecule has 0 unspecified atom stereocenters. The van der Waals surface area contributed by atoms with Crippen LogP contribution in [-0.4, -0.2) is 35.5 Å². The molecule has 0 atom stereocenters. The molecule has 0 aliphatic heterocycles. The second-order valence-electron chi connectivity index (χ2n) is 10.8. The molecular weight excluding hydrogens is 488 g/mol. The number of alkyl carbamates (subject to hydrolysis) is 1. The van der Waals surface area contributed by atoms with Gasteiger partial charge < -0.3 is 23.4 Å². The molecule has 1 heterocycles. The fraction of sp³-hybridized carbons (Fsp3) is 0.414. The van der Waals surface area contributed by atoms with Crippen LogP contribution in [0.2, 0.25) is 0 Å². The van der Waals surface area contributed by atoms with Crippen LogP contribution in [0.1, 0.15) is 75.5 Å². The Labute approximate surface area is 222 Å². The average Bonchev–Trinajstić information content (AvgIpc) is 3.30. The van der Waals surface area contributed by atoms with E-state index < -0.39 is 23.4 Å². The first-order valence-electron chi connectivity index (χ1n) is 12.5. The molecule has 1 aliphatic carbocycles. The Morgan fingerprint density at radius 1 is 0.921 bits per heavy atom. The maximum absolute atomic E-state index is 12.3. The minimum Gasteiger partial charge on any atom is -0.468 e. The molecular formula is C29H34N2O7. The maximum Gasteiger partial charge on any atom is 0.410 e. The summed E-state index contributed by atoms with van der Waals surface area (Å²) in [5, 5.41) is 2.91. The summed E-state index contributed by atoms with van der Waals surface area (Å²) in [4.78, 5) is 27.8. The zero-order chi connectivity index (χ0) is 27.6. The van der Waals surface area contributed by atoms with E-state index in [2.05, 4.69) is 28.9 Å². The third kappa shape index (κ3) is 6.27. The monoisotopic (exact) mass is 522 g/mol. The van der Waals surface area contributed by atoms with Crippen molar-refractivity contribution in [2.45, 2.75) is 70.6 Å². The van der Waals surface area contributed by atoms with Crippen molar-refractivity contribution in [3.05, 3.63) is 71.6 Å². The molecule has 3 aromatic rings. The molecule has 1 N–H and O–H groups in total. The van der Waals surface area contributed by atoms with Crippen LogP contribution in [0.5, 0.6) is 17.6 Å². The van der Waals surface area contributed by atoms with Gasteiger partial charge in [-0.3, -0.25) is 5.32 Å². The number of benzene rings is 2. The Morgan fingerprint density at radius 3 is 2.00 bits per heavy atom. The van der Waals surface area contributed by atoms with Crippen LogP contribution in [0.15, 0.2) is 59.2 Å². The van der Waals surface area contributed by atoms with Gasteiger partial charge in [0.25, 0.3) is 0 Å². The van der Waals surface area contributed by atoms with Gasteiger partial charge >= 0.3 is 18.1 Å². The van der Waals surface area contributed by atoms with Gasteiger partial charge in [-0.1, -0.05) is 38.1 Å². The smallest absolute Gasteiger partial charge is 0.410 e. The van der Waals surface area contributed by atoms with E-state index >= 15 is 0 Å². The highest BCUT2D eigenvalue weighted by Crippen LogP contribution is 2.37. The molecule has 1 amide bonds. The maximum atomic E-state index is 12.3. The Kier molecular flexibility index (Phi) is 7.40. The van der Waals surface area contributed by atoms with E-state index in [1.807, 2.05) is 69.3 Å². The first kappa shape index (κ1) is 27.0. The van der Waals surface area contributed by atoms with Gasteiger partial charge in [0.05, 0.1) is 7.11 Å². The number of methoxy groups -OCH3 is 1. The van der Waals surface area contributed by atoms with Crippen LogP contribution >= 0.6 is 0 Å². The van der Waals surface area contributed by atoms with Gasteiger partial charge in [0.15, 0.2) is 11.4 Å². The number of oxazole rings is 1. The molecule has 202 valence electrons. The summed E-state index contributed by atoms with van der Waals surface area (Å²) in [6, 6.07) is 15.5. The van der Waals surface area contributed by atoms with Gasteiger partial charge in [-0.15, -0.1) is 0 Å². The number of carbonyl (C=O) groups excluding carboxylic acids is 2. The lowest BCUT2D eigenvalue weighted by molar-refractivity contribution is -0.0458. The highest BCUT2D eigenvalue weighted by Gasteiger charge is 2.42. The zero-order valence-corrected chi connectivity index (χ0v) is 22.6. The van der Waals surface area contributed by atoms with Gasteiger partial charge in [-0.2, -0.15) is 4.98 Å². The molecule has 1 aliphatic rings. The predicted octanol–water partition coefficient (Wildman–Crippen LogP) is 6.36. The number of nitrogens with zero attached hydrogens (tertiary/aromatic N) is 1. The van der Waals surface area contributed by atoms with E-state index in [1.165, 1.54) is 13.4 Å². The number of aromatic nitrogens is 1. The first-order chi connectivity index (χ1) is 17.9. The zero-order valence-electron chi connectivity index (χ0n) is 22.6. The van der Waals surface area contributed by atoms with E-state index in [9.17, 15) is 9.59 Å². The number of rotatable bonds is 8. The molecule has 9 heteroatoms. The number of carbonyl (C=O) groups is 2. The number of hydrogen-bond donors (Lipinski definition) is 1. The fourth-order valence-corrected chi connectivity index (χ4v) is 4.11. The number of amides is 1. The van der Waals surface area contributed by atoms with Crippen molar-refractivity contribution in [1.82, 2.24) is 10.3 Å². The molecule has 2 aromatic carbocycles. The van der Waals surface area contributed by atoms with Crippen molar-refractivity contribution in [1.29, 1.82) is 0 Å². The predicted molar refractivity (Wildman–Crippen MR) is 140 cm³/mol. The Balaban J connectivity index is 1.40. The molecule has 9 nitrogen and oxygen atoms in total. The average molecular weight is 523 g/mol. The highest BCUT2D eigenvalue weighted by atomic mass is 16.6. The summed E-state index contributed by atoms with van der Waals surface area (Å²) in [7, 11) is 1.27. The lowest BCUT2D eigenvalue weighted by Gasteiger charge is -2.42. The van der Waals surface area contributed by atoms with E-state index in [4.69, 9.17) is 18.6 Å². The van der Waals surface area contributed by atoms with Gasteiger partial charge in [0, 0.05) is 18.3 Å². The molecule has 38 heavy (non-hydrogen) atoms. The van der Waals surface area contributed by atoms with Crippen molar-refractivity contribution < 1.29 is 33.0 Å². The molecule has 1 fully saturated rings. The third-order valence-corrected chi connectivity index (χ3v) is 6.44. The Bertz CT molecular complexity index is 1270. The van der Waals surface area contributed by atoms with Gasteiger partial charge in [0.2, 0.25) is 0 Å². The van der Waals surface area contributed by atoms with Crippen LogP contribution in [0, 0.1) is 0 Å². The van der Waals surface area contributed by atoms with Crippen LogP contribution < -0.4 is 14.8 Å². The molecule has 0 saturated heterocycles. The van der Waals surface area contributed by atoms with E-state index in [0.717, 1.165) is 30.4 Å². The fourth-order valence-electron chi connectivity index (χ4n) is 4.11. The number of esters is 1. The van der Waals surface area contributed by atoms with E-state index in [0.29, 0.717) is 11.5 Å². The molecule has 0 spiro atoms. The lowest BCUT2D eigenvalue weighted by Crippen LogP contribution is -2.58. The molecule has 0 bridgehead atoms. The quantitative estimate of drug-likeness (QED) is 0.269. The minimum atomic E-state index is -0.740. The van der Waals surface area contributed by atoms with Gasteiger partial charge in [0.1, 0.15) is 23.4 Å². The summed E-state index contributed by atoms with van der Waals surface area (Å²) in [5.74, 6) is 0.607. The topological polar surface area (TPSA) is 109 Å². The van der Waals surface area contributed by atoms with E-state index in [-0.39, 0.29) is 17.2 Å². The van der Waals surface area contributed by atoms with Crippen LogP contribution in [0.3, 0.4) is 0 Å². The minimum absolute atomic E-state index is 0.0385. The summed E-state index contributed by atoms with van der Waals surface area (Å²) >= 11 is 0. The van der Waals surface area contributed by atoms with Crippen LogP contribution in [0.25, 0.3) is 0 Å². The second kappa shape index (κ2) is 10.4. The van der Waals surface area contributed by atoms with Gasteiger partial charge in [-0.25, -0.2) is 9.59 Å². The Morgan fingerprint density at radius 2 is 1.50 bits per heavy atom. The highest BCUT2D eigenvalue weighted by molar-refractivity contribution is 5.86. The summed E-state index contributed by atoms with van der Waals surface area (Å²) in [5.41, 5.74) is 0.587. The van der Waals surface area contributed by atoms with Crippen molar-refractivity contribution in [2.24, 2.45) is 0 Å². The van der Waals surface area contributed by atoms with Crippen molar-refractivity contribution in [3.63, 3.8) is 0 Å². The van der Waals surface area contributed by atoms with Crippen LogP contribution in [0.4, 0.5) is 4.79 Å². The normalized spacial score (nSPS) is 14.7. The standard InChI is InChI=1S/C29H34N2O7/c1-27(2,3)38-25(33)31-29(16-7-17-29)37-22-14-10-20(11-15-22)28(4,5)19-8-12-21(13-9-19)36-26-30-23(18-35-26)24(32)34-6/h8-15,18H,7,16-17H2,1-6H3,(H,31,33). The number of ether oxygens (including phenoxy) is 4. The SMILES string of the molecule is COC(=O)c1coc(Oc2ccc(C(C)(C)c3ccc(OC4(NC(=O)OC(C)(C)C)CCC4)cc3)cc2)n1.